The number of amides is 2. The van der Waals surface area contributed by atoms with Gasteiger partial charge in [-0.15, -0.1) is 0 Å². The molecular formula is C5H8N2O5. The third kappa shape index (κ3) is 4.09. The van der Waals surface area contributed by atoms with Crippen molar-refractivity contribution in [2.45, 2.75) is 12.5 Å². The molecule has 1 atom stereocenters. The predicted octanol–water partition coefficient (Wildman–Crippen LogP) is -1.42. The lowest BCUT2D eigenvalue weighted by atomic mass is 10.2. The number of rotatable bonds is 4. The first-order valence-corrected chi connectivity index (χ1v) is 2.94. The molecule has 5 N–H and O–H groups in total. The third-order valence-corrected chi connectivity index (χ3v) is 0.993. The van der Waals surface area contributed by atoms with Crippen LogP contribution in [0.25, 0.3) is 0 Å². The number of carbonyl (C=O) groups is 3. The van der Waals surface area contributed by atoms with Crippen LogP contribution in [0.2, 0.25) is 0 Å². The molecule has 0 saturated heterocycles. The number of hydrogen-bond acceptors (Lipinski definition) is 3. The summed E-state index contributed by atoms with van der Waals surface area (Å²) in [5, 5.41) is 18.3. The van der Waals surface area contributed by atoms with Crippen LogP contribution in [0.5, 0.6) is 0 Å². The monoisotopic (exact) mass is 176 g/mol. The Balaban J connectivity index is 4.14. The van der Waals surface area contributed by atoms with Gasteiger partial charge < -0.3 is 21.3 Å². The van der Waals surface area contributed by atoms with Crippen LogP contribution in [0, 0.1) is 0 Å². The highest BCUT2D eigenvalue weighted by Crippen LogP contribution is 1.91. The van der Waals surface area contributed by atoms with Crippen molar-refractivity contribution in [3.63, 3.8) is 0 Å². The number of hydrogen-bond donors (Lipinski definition) is 4. The second kappa shape index (κ2) is 4.16. The smallest absolute Gasteiger partial charge is 0.326 e. The molecule has 0 fully saturated rings. The lowest BCUT2D eigenvalue weighted by molar-refractivity contribution is -0.145. The summed E-state index contributed by atoms with van der Waals surface area (Å²) >= 11 is 0. The van der Waals surface area contributed by atoms with Crippen LogP contribution in [0.3, 0.4) is 0 Å². The summed E-state index contributed by atoms with van der Waals surface area (Å²) in [4.78, 5) is 30.4. The number of nitrogens with two attached hydrogens (primary N) is 1. The highest BCUT2D eigenvalue weighted by molar-refractivity contribution is 5.85. The molecule has 0 radical (unpaired) electrons. The molecule has 0 aromatic carbocycles. The van der Waals surface area contributed by atoms with Crippen LogP contribution in [0.1, 0.15) is 6.42 Å². The van der Waals surface area contributed by atoms with Crippen molar-refractivity contribution in [2.75, 3.05) is 0 Å². The fourth-order valence-corrected chi connectivity index (χ4v) is 0.546. The van der Waals surface area contributed by atoms with Gasteiger partial charge in [-0.25, -0.2) is 9.59 Å². The molecule has 0 aromatic rings. The maximum atomic E-state index is 10.2. The summed E-state index contributed by atoms with van der Waals surface area (Å²) in [7, 11) is 0. The molecule has 68 valence electrons. The van der Waals surface area contributed by atoms with Crippen molar-refractivity contribution >= 4 is 18.0 Å². The molecule has 0 aromatic heterocycles. The molecule has 12 heavy (non-hydrogen) atoms. The van der Waals surface area contributed by atoms with E-state index in [1.54, 1.807) is 5.32 Å². The van der Waals surface area contributed by atoms with E-state index in [0.717, 1.165) is 0 Å². The molecule has 7 nitrogen and oxygen atoms in total. The van der Waals surface area contributed by atoms with Crippen molar-refractivity contribution in [3.05, 3.63) is 0 Å². The Kier molecular flexibility index (Phi) is 3.54. The van der Waals surface area contributed by atoms with Gasteiger partial charge in [0.15, 0.2) is 0 Å². The third-order valence-electron chi connectivity index (χ3n) is 0.993. The Morgan fingerprint density at radius 1 is 1.33 bits per heavy atom. The Morgan fingerprint density at radius 3 is 2.08 bits per heavy atom. The number of carboxylic acids is 2. The average molecular weight is 176 g/mol. The van der Waals surface area contributed by atoms with Gasteiger partial charge in [0.05, 0.1) is 6.42 Å². The van der Waals surface area contributed by atoms with E-state index in [-0.39, 0.29) is 0 Å². The highest BCUT2D eigenvalue weighted by atomic mass is 16.4. The van der Waals surface area contributed by atoms with E-state index in [1.165, 1.54) is 0 Å². The summed E-state index contributed by atoms with van der Waals surface area (Å²) in [6.07, 6.45) is -0.696. The van der Waals surface area contributed by atoms with Crippen LogP contribution in [0.15, 0.2) is 0 Å². The molecule has 0 aliphatic carbocycles. The second-order valence-corrected chi connectivity index (χ2v) is 2.00. The molecule has 0 unspecified atom stereocenters. The van der Waals surface area contributed by atoms with Gasteiger partial charge in [0.25, 0.3) is 0 Å². The summed E-state index contributed by atoms with van der Waals surface area (Å²) in [5.41, 5.74) is 4.60. The minimum absolute atomic E-state index is 0.696. The molecule has 7 heteroatoms. The van der Waals surface area contributed by atoms with Gasteiger partial charge in [0, 0.05) is 0 Å². The van der Waals surface area contributed by atoms with Crippen molar-refractivity contribution in [2.24, 2.45) is 5.73 Å². The zero-order valence-electron chi connectivity index (χ0n) is 5.98. The summed E-state index contributed by atoms with van der Waals surface area (Å²) in [6.45, 7) is 0. The summed E-state index contributed by atoms with van der Waals surface area (Å²) < 4.78 is 0. The van der Waals surface area contributed by atoms with E-state index in [1.807, 2.05) is 0 Å². The van der Waals surface area contributed by atoms with E-state index in [9.17, 15) is 14.4 Å². The first-order valence-electron chi connectivity index (χ1n) is 2.94. The zero-order chi connectivity index (χ0) is 9.72. The Bertz CT molecular complexity index is 198. The van der Waals surface area contributed by atoms with Gasteiger partial charge in [0.1, 0.15) is 6.04 Å². The van der Waals surface area contributed by atoms with Gasteiger partial charge >= 0.3 is 18.0 Å². The Labute approximate surface area is 67.2 Å². The summed E-state index contributed by atoms with van der Waals surface area (Å²) in [6, 6.07) is -2.54. The predicted molar refractivity (Wildman–Crippen MR) is 36.4 cm³/mol. The number of aliphatic carboxylic acids is 2. The maximum absolute atomic E-state index is 10.2. The summed E-state index contributed by atoms with van der Waals surface area (Å²) in [5.74, 6) is -2.76. The standard InChI is InChI=1S/C5H8N2O5/c6-5(12)7-2(4(10)11)1-3(8)9/h2H,1H2,(H,8,9)(H,10,11)(H3,6,7,12)/t2-/m0/s1. The number of primary amides is 1. The molecule has 2 amide bonds. The molecule has 0 heterocycles. The van der Waals surface area contributed by atoms with Gasteiger partial charge in [0.2, 0.25) is 0 Å². The molecule has 0 rings (SSSR count). The first-order chi connectivity index (χ1) is 5.43. The van der Waals surface area contributed by atoms with Gasteiger partial charge in [-0.1, -0.05) is 0 Å². The van der Waals surface area contributed by atoms with Crippen molar-refractivity contribution in [3.8, 4) is 0 Å². The fourth-order valence-electron chi connectivity index (χ4n) is 0.546. The lowest BCUT2D eigenvalue weighted by Gasteiger charge is -2.08. The van der Waals surface area contributed by atoms with Crippen molar-refractivity contribution < 1.29 is 24.6 Å². The van der Waals surface area contributed by atoms with E-state index in [2.05, 4.69) is 5.73 Å². The molecule has 0 bridgehead atoms. The number of nitrogens with one attached hydrogen (secondary N) is 1. The van der Waals surface area contributed by atoms with Crippen LogP contribution < -0.4 is 11.1 Å². The van der Waals surface area contributed by atoms with Gasteiger partial charge in [-0.3, -0.25) is 4.79 Å². The van der Waals surface area contributed by atoms with E-state index in [0.29, 0.717) is 0 Å². The second-order valence-electron chi connectivity index (χ2n) is 2.00. The van der Waals surface area contributed by atoms with Gasteiger partial charge in [-0.2, -0.15) is 0 Å². The number of carbonyl (C=O) groups excluding carboxylic acids is 1. The molecule has 0 saturated carbocycles. The van der Waals surface area contributed by atoms with Gasteiger partial charge in [-0.05, 0) is 0 Å². The van der Waals surface area contributed by atoms with Crippen LogP contribution >= 0.6 is 0 Å². The van der Waals surface area contributed by atoms with Crippen molar-refractivity contribution in [1.82, 2.24) is 5.32 Å². The largest absolute Gasteiger partial charge is 0.481 e. The van der Waals surface area contributed by atoms with Crippen molar-refractivity contribution in [1.29, 1.82) is 0 Å². The molecule has 0 aliphatic heterocycles. The SMILES string of the molecule is NC(=O)N[C@@H](CC(=O)O)C(=O)O. The minimum atomic E-state index is -1.47. The highest BCUT2D eigenvalue weighted by Gasteiger charge is 2.21. The maximum Gasteiger partial charge on any atom is 0.326 e. The zero-order valence-corrected chi connectivity index (χ0v) is 5.98. The Hall–Kier alpha value is -1.79. The van der Waals surface area contributed by atoms with Crippen LogP contribution in [0.4, 0.5) is 4.79 Å². The minimum Gasteiger partial charge on any atom is -0.481 e. The number of carboxylic acid groups (broad SMARTS) is 2. The fraction of sp³-hybridized carbons (Fsp3) is 0.400. The lowest BCUT2D eigenvalue weighted by Crippen LogP contribution is -2.44. The Morgan fingerprint density at radius 2 is 1.83 bits per heavy atom. The van der Waals surface area contributed by atoms with Crippen LogP contribution in [-0.2, 0) is 9.59 Å². The van der Waals surface area contributed by atoms with E-state index >= 15 is 0 Å². The van der Waals surface area contributed by atoms with E-state index in [4.69, 9.17) is 10.2 Å². The number of urea groups is 1. The molecule has 0 aliphatic rings. The normalized spacial score (nSPS) is 11.7. The molecular weight excluding hydrogens is 168 g/mol. The van der Waals surface area contributed by atoms with Crippen LogP contribution in [-0.4, -0.2) is 34.2 Å². The average Bonchev–Trinajstić information content (AvgIpc) is 1.83. The quantitative estimate of drug-likeness (QED) is 0.417. The topological polar surface area (TPSA) is 130 Å². The molecule has 0 spiro atoms. The van der Waals surface area contributed by atoms with E-state index < -0.39 is 30.4 Å². The first kappa shape index (κ1) is 10.2.